The Hall–Kier alpha value is -4.14. The number of aromatic amines is 1. The first-order valence-electron chi connectivity index (χ1n) is 10.8. The molecule has 0 spiro atoms. The molecule has 0 aliphatic carbocycles. The summed E-state index contributed by atoms with van der Waals surface area (Å²) in [6, 6.07) is 16.7. The van der Waals surface area contributed by atoms with Crippen molar-refractivity contribution in [3.8, 4) is 0 Å². The second-order valence-corrected chi connectivity index (χ2v) is 7.72. The molecule has 0 saturated heterocycles. The normalized spacial score (nSPS) is 12.3. The number of carbonyl (C=O) groups is 3. The molecule has 34 heavy (non-hydrogen) atoms. The van der Waals surface area contributed by atoms with Gasteiger partial charge in [0.15, 0.2) is 0 Å². The van der Waals surface area contributed by atoms with Crippen LogP contribution < -0.4 is 5.32 Å². The molecule has 2 atom stereocenters. The van der Waals surface area contributed by atoms with Gasteiger partial charge in [0.25, 0.3) is 0 Å². The zero-order valence-electron chi connectivity index (χ0n) is 19.1. The fourth-order valence-electron chi connectivity index (χ4n) is 3.41. The molecule has 1 aromatic heterocycles. The van der Waals surface area contributed by atoms with Crippen molar-refractivity contribution < 1.29 is 23.9 Å². The van der Waals surface area contributed by atoms with E-state index >= 15 is 0 Å². The van der Waals surface area contributed by atoms with E-state index in [9.17, 15) is 14.4 Å². The van der Waals surface area contributed by atoms with Crippen molar-refractivity contribution in [3.63, 3.8) is 0 Å². The third-order valence-corrected chi connectivity index (χ3v) is 5.32. The van der Waals surface area contributed by atoms with E-state index in [4.69, 9.17) is 9.47 Å². The predicted molar refractivity (Wildman–Crippen MR) is 125 cm³/mol. The smallest absolute Gasteiger partial charge is 0.410 e. The predicted octanol–water partition coefficient (Wildman–Crippen LogP) is 2.49. The van der Waals surface area contributed by atoms with E-state index in [0.717, 1.165) is 11.1 Å². The van der Waals surface area contributed by atoms with Crippen molar-refractivity contribution in [2.45, 2.75) is 31.5 Å². The molecule has 3 aromatic rings. The first kappa shape index (κ1) is 24.5. The average Bonchev–Trinajstić information content (AvgIpc) is 3.39. The van der Waals surface area contributed by atoms with E-state index in [1.807, 2.05) is 60.7 Å². The molecule has 0 aliphatic rings. The van der Waals surface area contributed by atoms with Gasteiger partial charge in [-0.05, 0) is 11.1 Å². The molecule has 0 aliphatic heterocycles. The zero-order chi connectivity index (χ0) is 24.3. The van der Waals surface area contributed by atoms with Gasteiger partial charge in [0, 0.05) is 31.8 Å². The quantitative estimate of drug-likeness (QED) is 0.446. The third kappa shape index (κ3) is 6.93. The number of aromatic nitrogens is 2. The molecule has 0 radical (unpaired) electrons. The van der Waals surface area contributed by atoms with Crippen molar-refractivity contribution in [2.24, 2.45) is 0 Å². The second-order valence-electron chi connectivity index (χ2n) is 7.72. The van der Waals surface area contributed by atoms with E-state index < -0.39 is 30.1 Å². The maximum absolute atomic E-state index is 13.3. The summed E-state index contributed by atoms with van der Waals surface area (Å²) in [5.41, 5.74) is 2.35. The number of hydrogen-bond donors (Lipinski definition) is 2. The summed E-state index contributed by atoms with van der Waals surface area (Å²) in [5, 5.41) is 2.73. The first-order chi connectivity index (χ1) is 16.5. The molecule has 2 N–H and O–H groups in total. The summed E-state index contributed by atoms with van der Waals surface area (Å²) >= 11 is 0. The van der Waals surface area contributed by atoms with E-state index in [1.54, 1.807) is 6.20 Å². The SMILES string of the molecule is COC(=O)[C@H](Cc1cnc[nH]1)NC(=O)[C@H](Cc1ccccc1)N(C)C(=O)OCc1ccccc1. The summed E-state index contributed by atoms with van der Waals surface area (Å²) < 4.78 is 10.3. The molecular formula is C25H28N4O5. The molecule has 1 heterocycles. The standard InChI is InChI=1S/C25H28N4O5/c1-29(25(32)34-16-19-11-7-4-8-12-19)22(13-18-9-5-3-6-10-18)23(30)28-21(24(31)33-2)14-20-15-26-17-27-20/h3-12,15,17,21-22H,13-14,16H2,1-2H3,(H,26,27)(H,28,30)/t21-,22-/m0/s1. The lowest BCUT2D eigenvalue weighted by Crippen LogP contribution is -2.53. The Morgan fingerprint density at radius 2 is 1.65 bits per heavy atom. The topological polar surface area (TPSA) is 114 Å². The summed E-state index contributed by atoms with van der Waals surface area (Å²) in [6.07, 6.45) is 2.81. The fraction of sp³-hybridized carbons (Fsp3) is 0.280. The van der Waals surface area contributed by atoms with E-state index in [1.165, 1.54) is 25.4 Å². The molecule has 2 aromatic carbocycles. The van der Waals surface area contributed by atoms with E-state index in [-0.39, 0.29) is 19.4 Å². The van der Waals surface area contributed by atoms with Crippen LogP contribution in [0.2, 0.25) is 0 Å². The summed E-state index contributed by atoms with van der Waals surface area (Å²) in [6.45, 7) is 0.0777. The Labute approximate surface area is 198 Å². The minimum absolute atomic E-state index is 0.0777. The van der Waals surface area contributed by atoms with Gasteiger partial charge in [-0.25, -0.2) is 14.6 Å². The van der Waals surface area contributed by atoms with Gasteiger partial charge in [0.2, 0.25) is 5.91 Å². The number of carbonyl (C=O) groups excluding carboxylic acids is 3. The maximum atomic E-state index is 13.3. The van der Waals surface area contributed by atoms with Crippen LogP contribution in [0.25, 0.3) is 0 Å². The number of esters is 1. The number of benzene rings is 2. The first-order valence-corrected chi connectivity index (χ1v) is 10.8. The van der Waals surface area contributed by atoms with Gasteiger partial charge in [0.1, 0.15) is 18.7 Å². The van der Waals surface area contributed by atoms with Crippen LogP contribution in [-0.2, 0) is 38.5 Å². The molecule has 178 valence electrons. The minimum atomic E-state index is -0.954. The highest BCUT2D eigenvalue weighted by molar-refractivity contribution is 5.90. The number of likely N-dealkylation sites (N-methyl/N-ethyl adjacent to an activating group) is 1. The highest BCUT2D eigenvalue weighted by Crippen LogP contribution is 2.12. The van der Waals surface area contributed by atoms with Crippen LogP contribution in [0.15, 0.2) is 73.2 Å². The molecular weight excluding hydrogens is 436 g/mol. The number of hydrogen-bond acceptors (Lipinski definition) is 6. The highest BCUT2D eigenvalue weighted by Gasteiger charge is 2.32. The Balaban J connectivity index is 1.75. The number of methoxy groups -OCH3 is 1. The maximum Gasteiger partial charge on any atom is 0.410 e. The van der Waals surface area contributed by atoms with Gasteiger partial charge in [-0.1, -0.05) is 60.7 Å². The highest BCUT2D eigenvalue weighted by atomic mass is 16.6. The summed E-state index contributed by atoms with van der Waals surface area (Å²) in [5.74, 6) is -1.10. The fourth-order valence-corrected chi connectivity index (χ4v) is 3.41. The molecule has 9 nitrogen and oxygen atoms in total. The molecule has 2 amide bonds. The number of rotatable bonds is 10. The summed E-state index contributed by atoms with van der Waals surface area (Å²) in [4.78, 5) is 46.6. The third-order valence-electron chi connectivity index (χ3n) is 5.32. The van der Waals surface area contributed by atoms with Crippen molar-refractivity contribution in [1.82, 2.24) is 20.2 Å². The van der Waals surface area contributed by atoms with Crippen LogP contribution >= 0.6 is 0 Å². The van der Waals surface area contributed by atoms with Crippen LogP contribution in [0, 0.1) is 0 Å². The minimum Gasteiger partial charge on any atom is -0.467 e. The number of imidazole rings is 1. The number of H-pyrrole nitrogens is 1. The van der Waals surface area contributed by atoms with Gasteiger partial charge in [-0.3, -0.25) is 9.69 Å². The Bertz CT molecular complexity index is 1060. The Morgan fingerprint density at radius 3 is 2.24 bits per heavy atom. The van der Waals surface area contributed by atoms with E-state index in [0.29, 0.717) is 5.69 Å². The lowest BCUT2D eigenvalue weighted by molar-refractivity contribution is -0.145. The van der Waals surface area contributed by atoms with Gasteiger partial charge >= 0.3 is 12.1 Å². The molecule has 0 bridgehead atoms. The van der Waals surface area contributed by atoms with Crippen molar-refractivity contribution >= 4 is 18.0 Å². The number of nitrogens with one attached hydrogen (secondary N) is 2. The molecule has 0 unspecified atom stereocenters. The summed E-state index contributed by atoms with van der Waals surface area (Å²) in [7, 11) is 2.76. The van der Waals surface area contributed by atoms with Gasteiger partial charge in [-0.2, -0.15) is 0 Å². The van der Waals surface area contributed by atoms with Crippen molar-refractivity contribution in [1.29, 1.82) is 0 Å². The monoisotopic (exact) mass is 464 g/mol. The molecule has 0 saturated carbocycles. The molecule has 0 fully saturated rings. The zero-order valence-corrected chi connectivity index (χ0v) is 19.1. The molecule has 3 rings (SSSR count). The van der Waals surface area contributed by atoms with Crippen molar-refractivity contribution in [3.05, 3.63) is 90.0 Å². The van der Waals surface area contributed by atoms with Crippen LogP contribution in [-0.4, -0.2) is 59.1 Å². The number of ether oxygens (including phenoxy) is 2. The van der Waals surface area contributed by atoms with Crippen LogP contribution in [0.4, 0.5) is 4.79 Å². The van der Waals surface area contributed by atoms with Crippen LogP contribution in [0.5, 0.6) is 0 Å². The van der Waals surface area contributed by atoms with E-state index in [2.05, 4.69) is 15.3 Å². The van der Waals surface area contributed by atoms with Gasteiger partial charge in [0.05, 0.1) is 13.4 Å². The lowest BCUT2D eigenvalue weighted by atomic mass is 10.0. The Morgan fingerprint density at radius 1 is 1.00 bits per heavy atom. The number of amides is 2. The van der Waals surface area contributed by atoms with Crippen molar-refractivity contribution in [2.75, 3.05) is 14.2 Å². The average molecular weight is 465 g/mol. The van der Waals surface area contributed by atoms with Gasteiger partial charge in [-0.15, -0.1) is 0 Å². The van der Waals surface area contributed by atoms with Gasteiger partial charge < -0.3 is 19.8 Å². The number of nitrogens with zero attached hydrogens (tertiary/aromatic N) is 2. The Kier molecular flexibility index (Phi) is 8.79. The second kappa shape index (κ2) is 12.2. The lowest BCUT2D eigenvalue weighted by Gasteiger charge is -2.28. The van der Waals surface area contributed by atoms with Crippen LogP contribution in [0.3, 0.4) is 0 Å². The largest absolute Gasteiger partial charge is 0.467 e. The van der Waals surface area contributed by atoms with Crippen LogP contribution in [0.1, 0.15) is 16.8 Å². The molecule has 9 heteroatoms.